The van der Waals surface area contributed by atoms with Crippen LogP contribution < -0.4 is 11.1 Å². The quantitative estimate of drug-likeness (QED) is 0.654. The SMILES string of the molecule is C[C@@H]1CN(Cc2ccc(C(=O)Nc3ccccc3N)cc2)CCN1CC(C)(C)O. The van der Waals surface area contributed by atoms with Crippen molar-refractivity contribution in [1.29, 1.82) is 0 Å². The summed E-state index contributed by atoms with van der Waals surface area (Å²) in [6, 6.07) is 15.4. The van der Waals surface area contributed by atoms with Gasteiger partial charge in [0, 0.05) is 44.3 Å². The van der Waals surface area contributed by atoms with Crippen molar-refractivity contribution in [2.24, 2.45) is 0 Å². The van der Waals surface area contributed by atoms with Crippen LogP contribution in [-0.4, -0.2) is 58.6 Å². The Hall–Kier alpha value is -2.41. The molecule has 29 heavy (non-hydrogen) atoms. The molecule has 0 radical (unpaired) electrons. The summed E-state index contributed by atoms with van der Waals surface area (Å²) < 4.78 is 0. The largest absolute Gasteiger partial charge is 0.397 e. The molecule has 6 heteroatoms. The monoisotopic (exact) mass is 396 g/mol. The number of aliphatic hydroxyl groups is 1. The summed E-state index contributed by atoms with van der Waals surface area (Å²) >= 11 is 0. The van der Waals surface area contributed by atoms with Gasteiger partial charge in [0.1, 0.15) is 0 Å². The number of nitrogen functional groups attached to an aromatic ring is 1. The van der Waals surface area contributed by atoms with E-state index >= 15 is 0 Å². The molecule has 0 saturated carbocycles. The van der Waals surface area contributed by atoms with Crippen LogP contribution in [0.5, 0.6) is 0 Å². The van der Waals surface area contributed by atoms with Crippen LogP contribution in [0.2, 0.25) is 0 Å². The Labute approximate surface area is 173 Å². The summed E-state index contributed by atoms with van der Waals surface area (Å²) in [6.45, 7) is 10.4. The van der Waals surface area contributed by atoms with Crippen molar-refractivity contribution in [2.45, 2.75) is 39.0 Å². The first-order chi connectivity index (χ1) is 13.7. The first-order valence-corrected chi connectivity index (χ1v) is 10.1. The number of anilines is 2. The Morgan fingerprint density at radius 1 is 1.17 bits per heavy atom. The van der Waals surface area contributed by atoms with Crippen molar-refractivity contribution >= 4 is 17.3 Å². The van der Waals surface area contributed by atoms with Gasteiger partial charge in [-0.1, -0.05) is 24.3 Å². The third kappa shape index (κ3) is 6.03. The van der Waals surface area contributed by atoms with Crippen LogP contribution in [0.15, 0.2) is 48.5 Å². The van der Waals surface area contributed by atoms with Gasteiger partial charge in [-0.25, -0.2) is 0 Å². The minimum Gasteiger partial charge on any atom is -0.397 e. The third-order valence-corrected chi connectivity index (χ3v) is 5.27. The average Bonchev–Trinajstić information content (AvgIpc) is 2.65. The maximum atomic E-state index is 12.5. The van der Waals surface area contributed by atoms with Crippen molar-refractivity contribution in [3.05, 3.63) is 59.7 Å². The number of nitrogens with two attached hydrogens (primary N) is 1. The number of β-amino-alcohol motifs (C(OH)–C–C–N with tert-alkyl or cyclic N) is 1. The predicted molar refractivity (Wildman–Crippen MR) is 118 cm³/mol. The highest BCUT2D eigenvalue weighted by molar-refractivity contribution is 6.05. The summed E-state index contributed by atoms with van der Waals surface area (Å²) in [4.78, 5) is 17.2. The molecule has 6 nitrogen and oxygen atoms in total. The molecule has 1 aliphatic heterocycles. The fraction of sp³-hybridized carbons (Fsp3) is 0.435. The third-order valence-electron chi connectivity index (χ3n) is 5.27. The molecule has 3 rings (SSSR count). The van der Waals surface area contributed by atoms with Crippen LogP contribution in [0.3, 0.4) is 0 Å². The van der Waals surface area contributed by atoms with E-state index in [0.29, 0.717) is 29.5 Å². The van der Waals surface area contributed by atoms with E-state index < -0.39 is 5.60 Å². The van der Waals surface area contributed by atoms with E-state index in [1.54, 1.807) is 12.1 Å². The van der Waals surface area contributed by atoms with Crippen LogP contribution in [0.25, 0.3) is 0 Å². The molecular weight excluding hydrogens is 364 g/mol. The number of hydrogen-bond donors (Lipinski definition) is 3. The number of hydrogen-bond acceptors (Lipinski definition) is 5. The van der Waals surface area contributed by atoms with E-state index in [9.17, 15) is 9.90 Å². The summed E-state index contributed by atoms with van der Waals surface area (Å²) in [6.07, 6.45) is 0. The van der Waals surface area contributed by atoms with Gasteiger partial charge >= 0.3 is 0 Å². The average molecular weight is 397 g/mol. The zero-order valence-corrected chi connectivity index (χ0v) is 17.6. The van der Waals surface area contributed by atoms with Gasteiger partial charge in [0.05, 0.1) is 17.0 Å². The van der Waals surface area contributed by atoms with Crippen LogP contribution in [0.4, 0.5) is 11.4 Å². The summed E-state index contributed by atoms with van der Waals surface area (Å²) in [7, 11) is 0. The predicted octanol–water partition coefficient (Wildman–Crippen LogP) is 2.80. The molecule has 0 aromatic heterocycles. The number of amides is 1. The number of carbonyl (C=O) groups excluding carboxylic acids is 1. The van der Waals surface area contributed by atoms with Gasteiger partial charge in [0.15, 0.2) is 0 Å². The fourth-order valence-corrected chi connectivity index (χ4v) is 3.77. The highest BCUT2D eigenvalue weighted by Crippen LogP contribution is 2.19. The molecule has 2 aromatic carbocycles. The van der Waals surface area contributed by atoms with Crippen LogP contribution in [-0.2, 0) is 6.54 Å². The molecule has 4 N–H and O–H groups in total. The lowest BCUT2D eigenvalue weighted by Crippen LogP contribution is -2.54. The molecule has 156 valence electrons. The molecular formula is C23H32N4O2. The van der Waals surface area contributed by atoms with Crippen LogP contribution in [0, 0.1) is 0 Å². The van der Waals surface area contributed by atoms with Crippen LogP contribution in [0.1, 0.15) is 36.7 Å². The Kier molecular flexibility index (Phi) is 6.57. The molecule has 1 aliphatic rings. The van der Waals surface area contributed by atoms with Gasteiger partial charge < -0.3 is 16.2 Å². The number of benzene rings is 2. The van der Waals surface area contributed by atoms with E-state index in [4.69, 9.17) is 5.73 Å². The lowest BCUT2D eigenvalue weighted by Gasteiger charge is -2.42. The first-order valence-electron chi connectivity index (χ1n) is 10.1. The fourth-order valence-electron chi connectivity index (χ4n) is 3.77. The Balaban J connectivity index is 1.54. The van der Waals surface area contributed by atoms with Crippen molar-refractivity contribution in [1.82, 2.24) is 9.80 Å². The molecule has 1 fully saturated rings. The maximum absolute atomic E-state index is 12.5. The molecule has 0 bridgehead atoms. The maximum Gasteiger partial charge on any atom is 0.255 e. The van der Waals surface area contributed by atoms with E-state index in [-0.39, 0.29) is 5.91 Å². The lowest BCUT2D eigenvalue weighted by atomic mass is 10.1. The molecule has 0 unspecified atom stereocenters. The van der Waals surface area contributed by atoms with Gasteiger partial charge in [-0.2, -0.15) is 0 Å². The summed E-state index contributed by atoms with van der Waals surface area (Å²) in [5, 5.41) is 12.9. The molecule has 0 spiro atoms. The Bertz CT molecular complexity index is 830. The number of piperazine rings is 1. The molecule has 1 heterocycles. The first kappa shape index (κ1) is 21.3. The van der Waals surface area contributed by atoms with Gasteiger partial charge in [0.2, 0.25) is 0 Å². The smallest absolute Gasteiger partial charge is 0.255 e. The second kappa shape index (κ2) is 8.95. The minimum atomic E-state index is -0.669. The van der Waals surface area contributed by atoms with Gasteiger partial charge in [-0.15, -0.1) is 0 Å². The van der Waals surface area contributed by atoms with Crippen LogP contribution >= 0.6 is 0 Å². The zero-order chi connectivity index (χ0) is 21.0. The zero-order valence-electron chi connectivity index (χ0n) is 17.6. The van der Waals surface area contributed by atoms with E-state index in [2.05, 4.69) is 22.0 Å². The molecule has 1 saturated heterocycles. The van der Waals surface area contributed by atoms with Crippen molar-refractivity contribution < 1.29 is 9.90 Å². The molecule has 2 aromatic rings. The van der Waals surface area contributed by atoms with Gasteiger partial charge in [-0.05, 0) is 50.6 Å². The van der Waals surface area contributed by atoms with E-state index in [0.717, 1.165) is 26.2 Å². The highest BCUT2D eigenvalue weighted by Gasteiger charge is 2.27. The second-order valence-corrected chi connectivity index (χ2v) is 8.61. The minimum absolute atomic E-state index is 0.164. The van der Waals surface area contributed by atoms with Gasteiger partial charge in [-0.3, -0.25) is 14.6 Å². The highest BCUT2D eigenvalue weighted by atomic mass is 16.3. The van der Waals surface area contributed by atoms with Gasteiger partial charge in [0.25, 0.3) is 5.91 Å². The molecule has 0 aliphatic carbocycles. The van der Waals surface area contributed by atoms with E-state index in [1.165, 1.54) is 5.56 Å². The summed E-state index contributed by atoms with van der Waals surface area (Å²) in [5.41, 5.74) is 8.19. The normalized spacial score (nSPS) is 18.6. The number of para-hydroxylation sites is 2. The van der Waals surface area contributed by atoms with Crippen molar-refractivity contribution in [2.75, 3.05) is 37.2 Å². The Morgan fingerprint density at radius 2 is 1.86 bits per heavy atom. The number of nitrogens with zero attached hydrogens (tertiary/aromatic N) is 2. The lowest BCUT2D eigenvalue weighted by molar-refractivity contribution is -0.00506. The number of nitrogens with one attached hydrogen (secondary N) is 1. The number of carbonyl (C=O) groups is 1. The van der Waals surface area contributed by atoms with Crippen molar-refractivity contribution in [3.63, 3.8) is 0 Å². The van der Waals surface area contributed by atoms with E-state index in [1.807, 2.05) is 50.2 Å². The molecule has 1 atom stereocenters. The standard InChI is InChI=1S/C23H32N4O2/c1-17-14-26(12-13-27(17)16-23(2,3)29)15-18-8-10-19(11-9-18)22(28)25-21-7-5-4-6-20(21)24/h4-11,17,29H,12-16,24H2,1-3H3,(H,25,28)/t17-/m1/s1. The second-order valence-electron chi connectivity index (χ2n) is 8.61. The molecule has 1 amide bonds. The summed E-state index contributed by atoms with van der Waals surface area (Å²) in [5.74, 6) is -0.164. The Morgan fingerprint density at radius 3 is 2.48 bits per heavy atom. The number of rotatable bonds is 6. The van der Waals surface area contributed by atoms with Crippen molar-refractivity contribution in [3.8, 4) is 0 Å². The topological polar surface area (TPSA) is 81.8 Å².